The summed E-state index contributed by atoms with van der Waals surface area (Å²) in [5.74, 6) is -0.174. The molecule has 0 saturated heterocycles. The van der Waals surface area contributed by atoms with Gasteiger partial charge in [-0.3, -0.25) is 13.8 Å². The molecule has 0 aromatic rings. The second-order valence-electron chi connectivity index (χ2n) is 20.7. The summed E-state index contributed by atoms with van der Waals surface area (Å²) in [6.45, 7) is 4.83. The van der Waals surface area contributed by atoms with Crippen LogP contribution in [0.15, 0.2) is 24.3 Å². The maximum absolute atomic E-state index is 12.9. The fourth-order valence-corrected chi connectivity index (χ4v) is 9.19. The lowest BCUT2D eigenvalue weighted by atomic mass is 10.0. The summed E-state index contributed by atoms with van der Waals surface area (Å²) in [6.07, 6.45) is 60.1. The predicted molar refractivity (Wildman–Crippen MR) is 281 cm³/mol. The molecule has 0 aliphatic heterocycles. The van der Waals surface area contributed by atoms with E-state index in [0.717, 1.165) is 38.5 Å². The third kappa shape index (κ3) is 50.7. The highest BCUT2D eigenvalue weighted by molar-refractivity contribution is 7.47. The van der Waals surface area contributed by atoms with Gasteiger partial charge >= 0.3 is 7.82 Å². The van der Waals surface area contributed by atoms with Crippen LogP contribution < -0.4 is 5.32 Å². The summed E-state index contributed by atoms with van der Waals surface area (Å²) in [4.78, 5) is 23.2. The lowest BCUT2D eigenvalue weighted by molar-refractivity contribution is -0.870. The number of phosphoric ester groups is 1. The van der Waals surface area contributed by atoms with Crippen LogP contribution in [0.1, 0.15) is 277 Å². The molecule has 9 heteroatoms. The number of nitrogens with one attached hydrogen (secondary N) is 1. The van der Waals surface area contributed by atoms with Crippen molar-refractivity contribution in [1.29, 1.82) is 0 Å². The Balaban J connectivity index is 3.97. The van der Waals surface area contributed by atoms with E-state index in [1.54, 1.807) is 6.08 Å². The zero-order valence-corrected chi connectivity index (χ0v) is 44.9. The molecule has 1 amide bonds. The third-order valence-electron chi connectivity index (χ3n) is 12.9. The molecule has 0 fully saturated rings. The van der Waals surface area contributed by atoms with Crippen molar-refractivity contribution in [3.8, 4) is 0 Å². The summed E-state index contributed by atoms with van der Waals surface area (Å²) in [5, 5.41) is 13.8. The van der Waals surface area contributed by atoms with Crippen molar-refractivity contribution in [1.82, 2.24) is 5.32 Å². The van der Waals surface area contributed by atoms with Gasteiger partial charge in [0, 0.05) is 6.42 Å². The van der Waals surface area contributed by atoms with Crippen LogP contribution in [-0.2, 0) is 18.4 Å². The molecule has 3 atom stereocenters. The largest absolute Gasteiger partial charge is 0.472 e. The first-order valence-corrected chi connectivity index (χ1v) is 29.7. The van der Waals surface area contributed by atoms with E-state index < -0.39 is 20.0 Å². The molecular formula is C56H112N2O6P+. The Morgan fingerprint density at radius 3 is 1.18 bits per heavy atom. The van der Waals surface area contributed by atoms with Crippen molar-refractivity contribution in [2.75, 3.05) is 40.9 Å². The van der Waals surface area contributed by atoms with Crippen molar-refractivity contribution < 1.29 is 32.9 Å². The van der Waals surface area contributed by atoms with Gasteiger partial charge in [0.2, 0.25) is 5.91 Å². The maximum Gasteiger partial charge on any atom is 0.472 e. The molecule has 0 radical (unpaired) electrons. The minimum atomic E-state index is -4.34. The Hall–Kier alpha value is -1.02. The van der Waals surface area contributed by atoms with E-state index in [-0.39, 0.29) is 19.1 Å². The predicted octanol–water partition coefficient (Wildman–Crippen LogP) is 16.8. The van der Waals surface area contributed by atoms with Crippen LogP contribution in [0, 0.1) is 0 Å². The molecule has 65 heavy (non-hydrogen) atoms. The van der Waals surface area contributed by atoms with Crippen LogP contribution >= 0.6 is 7.82 Å². The molecule has 0 rings (SSSR count). The fourth-order valence-electron chi connectivity index (χ4n) is 8.45. The lowest BCUT2D eigenvalue weighted by Gasteiger charge is -2.25. The number of rotatable bonds is 52. The first kappa shape index (κ1) is 64.0. The summed E-state index contributed by atoms with van der Waals surface area (Å²) in [6, 6.07) is -0.842. The van der Waals surface area contributed by atoms with Crippen molar-refractivity contribution in [3.05, 3.63) is 24.3 Å². The molecule has 0 spiro atoms. The quantitative estimate of drug-likeness (QED) is 0.0243. The van der Waals surface area contributed by atoms with Crippen LogP contribution in [0.5, 0.6) is 0 Å². The number of aliphatic hydroxyl groups excluding tert-OH is 1. The molecule has 0 aliphatic rings. The Kier molecular flexibility index (Phi) is 47.3. The number of hydrogen-bond donors (Lipinski definition) is 3. The highest BCUT2D eigenvalue weighted by Gasteiger charge is 2.27. The Bertz CT molecular complexity index is 1110. The van der Waals surface area contributed by atoms with Crippen LogP contribution in [0.4, 0.5) is 0 Å². The molecule has 0 saturated carbocycles. The first-order valence-electron chi connectivity index (χ1n) is 28.2. The third-order valence-corrected chi connectivity index (χ3v) is 13.9. The molecular weight excluding hydrogens is 828 g/mol. The van der Waals surface area contributed by atoms with E-state index in [9.17, 15) is 19.4 Å². The molecule has 0 bridgehead atoms. The molecule has 3 N–H and O–H groups in total. The van der Waals surface area contributed by atoms with E-state index in [1.807, 2.05) is 27.2 Å². The van der Waals surface area contributed by atoms with Crippen LogP contribution in [-0.4, -0.2) is 73.4 Å². The van der Waals surface area contributed by atoms with Crippen molar-refractivity contribution in [2.45, 2.75) is 289 Å². The van der Waals surface area contributed by atoms with E-state index in [4.69, 9.17) is 9.05 Å². The number of nitrogens with zero attached hydrogens (tertiary/aromatic N) is 1. The smallest absolute Gasteiger partial charge is 0.387 e. The number of unbranched alkanes of at least 4 members (excludes halogenated alkanes) is 37. The molecule has 0 aromatic carbocycles. The molecule has 0 aliphatic carbocycles. The van der Waals surface area contributed by atoms with E-state index in [1.165, 1.54) is 218 Å². The van der Waals surface area contributed by atoms with Crippen molar-refractivity contribution >= 4 is 13.7 Å². The van der Waals surface area contributed by atoms with E-state index >= 15 is 0 Å². The van der Waals surface area contributed by atoms with Gasteiger partial charge in [-0.25, -0.2) is 4.57 Å². The van der Waals surface area contributed by atoms with E-state index in [0.29, 0.717) is 17.4 Å². The van der Waals surface area contributed by atoms with Crippen LogP contribution in [0.3, 0.4) is 0 Å². The Morgan fingerprint density at radius 2 is 0.831 bits per heavy atom. The average molecular weight is 940 g/mol. The Labute approximate surface area is 404 Å². The number of allylic oxidation sites excluding steroid dienone is 3. The SMILES string of the molecule is CCCCCCCCCCC/C=C/C(O)C(COP(=O)(O)OCC[N+](C)(C)C)NC(=O)CCCCCCCCCCCCCCCCCC/C=C\CCCCCCCCCCCCCC. The van der Waals surface area contributed by atoms with Gasteiger partial charge in [-0.05, 0) is 44.9 Å². The molecule has 8 nitrogen and oxygen atoms in total. The zero-order valence-electron chi connectivity index (χ0n) is 44.0. The zero-order chi connectivity index (χ0) is 47.8. The van der Waals surface area contributed by atoms with Gasteiger partial charge < -0.3 is 19.8 Å². The van der Waals surface area contributed by atoms with Crippen molar-refractivity contribution in [2.24, 2.45) is 0 Å². The van der Waals surface area contributed by atoms with Crippen LogP contribution in [0.25, 0.3) is 0 Å². The fraction of sp³-hybridized carbons (Fsp3) is 0.911. The summed E-state index contributed by atoms with van der Waals surface area (Å²) in [5.41, 5.74) is 0. The molecule has 3 unspecified atom stereocenters. The van der Waals surface area contributed by atoms with Gasteiger partial charge in [0.25, 0.3) is 0 Å². The Morgan fingerprint density at radius 1 is 0.508 bits per heavy atom. The average Bonchev–Trinajstić information content (AvgIpc) is 3.26. The number of carbonyl (C=O) groups excluding carboxylic acids is 1. The number of aliphatic hydroxyl groups is 1. The monoisotopic (exact) mass is 940 g/mol. The number of phosphoric acid groups is 1. The number of carbonyl (C=O) groups is 1. The topological polar surface area (TPSA) is 105 Å². The first-order chi connectivity index (χ1) is 31.5. The van der Waals surface area contributed by atoms with Gasteiger partial charge in [0.05, 0.1) is 39.9 Å². The van der Waals surface area contributed by atoms with Gasteiger partial charge in [0.15, 0.2) is 0 Å². The summed E-state index contributed by atoms with van der Waals surface area (Å²) >= 11 is 0. The highest BCUT2D eigenvalue weighted by Crippen LogP contribution is 2.43. The number of likely N-dealkylation sites (N-methyl/N-ethyl adjacent to an activating group) is 1. The second kappa shape index (κ2) is 48.0. The maximum atomic E-state index is 12.9. The summed E-state index contributed by atoms with van der Waals surface area (Å²) in [7, 11) is 1.58. The van der Waals surface area contributed by atoms with Gasteiger partial charge in [-0.15, -0.1) is 0 Å². The van der Waals surface area contributed by atoms with Gasteiger partial charge in [0.1, 0.15) is 13.2 Å². The van der Waals surface area contributed by atoms with Gasteiger partial charge in [-0.1, -0.05) is 250 Å². The normalized spacial score (nSPS) is 14.1. The highest BCUT2D eigenvalue weighted by atomic mass is 31.2. The second-order valence-corrected chi connectivity index (χ2v) is 22.1. The van der Waals surface area contributed by atoms with Gasteiger partial charge in [-0.2, -0.15) is 0 Å². The van der Waals surface area contributed by atoms with Crippen molar-refractivity contribution in [3.63, 3.8) is 0 Å². The molecule has 0 aromatic heterocycles. The van der Waals surface area contributed by atoms with Crippen LogP contribution in [0.2, 0.25) is 0 Å². The molecule has 0 heterocycles. The minimum absolute atomic E-state index is 0.0634. The number of quaternary nitrogens is 1. The summed E-state index contributed by atoms with van der Waals surface area (Å²) < 4.78 is 23.6. The minimum Gasteiger partial charge on any atom is -0.387 e. The lowest BCUT2D eigenvalue weighted by Crippen LogP contribution is -2.45. The number of amides is 1. The van der Waals surface area contributed by atoms with E-state index in [2.05, 4.69) is 31.3 Å². The standard InChI is InChI=1S/C56H111N2O6P/c1-6-8-10-12-14-16-18-19-20-21-22-23-24-25-26-27-28-29-30-31-32-33-34-35-36-37-38-40-42-44-46-48-50-56(60)57-54(53-64-65(61,62)63-52-51-58(3,4)5)55(59)49-47-45-43-41-39-17-15-13-11-9-7-2/h25-26,47,49,54-55,59H,6-24,27-46,48,50-53H2,1-5H3,(H-,57,60,61,62)/p+1/b26-25-,49-47+. The molecule has 386 valence electrons. The number of hydrogen-bond acceptors (Lipinski definition) is 5.